The molecule has 2 heteroatoms. The molecule has 0 aliphatic heterocycles. The van der Waals surface area contributed by atoms with Crippen molar-refractivity contribution in [2.24, 2.45) is 0 Å². The Bertz CT molecular complexity index is 5200. The Kier molecular flexibility index (Phi) is 16.2. The van der Waals surface area contributed by atoms with Gasteiger partial charge in [0.15, 0.2) is 0 Å². The molecule has 96 heavy (non-hydrogen) atoms. The molecule has 0 fully saturated rings. The van der Waals surface area contributed by atoms with Crippen LogP contribution in [-0.4, -0.2) is 0 Å². The summed E-state index contributed by atoms with van der Waals surface area (Å²) in [6, 6.07) is 144. The van der Waals surface area contributed by atoms with Crippen molar-refractivity contribution in [3.63, 3.8) is 0 Å². The summed E-state index contributed by atoms with van der Waals surface area (Å²) in [5.74, 6) is 0. The van der Waals surface area contributed by atoms with E-state index in [-0.39, 0.29) is 0 Å². The van der Waals surface area contributed by atoms with Crippen LogP contribution in [0.25, 0.3) is 121 Å². The molecule has 17 aromatic carbocycles. The van der Waals surface area contributed by atoms with Gasteiger partial charge in [-0.3, -0.25) is 0 Å². The van der Waals surface area contributed by atoms with E-state index in [1.807, 2.05) is 0 Å². The first-order chi connectivity index (χ1) is 47.6. The van der Waals surface area contributed by atoms with Crippen molar-refractivity contribution in [3.05, 3.63) is 400 Å². The van der Waals surface area contributed by atoms with Crippen molar-refractivity contribution < 1.29 is 0 Å². The monoisotopic (exact) mass is 1220 g/mol. The van der Waals surface area contributed by atoms with E-state index >= 15 is 0 Å². The van der Waals surface area contributed by atoms with Gasteiger partial charge in [-0.05, 0) is 194 Å². The van der Waals surface area contributed by atoms with Gasteiger partial charge in [0, 0.05) is 34.1 Å². The van der Waals surface area contributed by atoms with Crippen LogP contribution in [0.4, 0.5) is 34.1 Å². The van der Waals surface area contributed by atoms with E-state index in [4.69, 9.17) is 0 Å². The molecule has 0 aromatic heterocycles. The molecule has 0 radical (unpaired) electrons. The molecule has 17 rings (SSSR count). The average molecular weight is 1220 g/mol. The molecular formula is C94H66N2. The molecule has 0 spiro atoms. The number of fused-ring (bicyclic) bond motifs is 4. The van der Waals surface area contributed by atoms with Crippen LogP contribution in [0, 0.1) is 0 Å². The third kappa shape index (κ3) is 12.0. The highest BCUT2D eigenvalue weighted by molar-refractivity contribution is 6.00. The molecule has 0 N–H and O–H groups in total. The van der Waals surface area contributed by atoms with Gasteiger partial charge in [0.25, 0.3) is 0 Å². The number of anilines is 6. The highest BCUT2D eigenvalue weighted by Gasteiger charge is 2.17. The average Bonchev–Trinajstić information content (AvgIpc) is 0.828. The fourth-order valence-corrected chi connectivity index (χ4v) is 13.7. The Hall–Kier alpha value is -12.6. The quantitative estimate of drug-likeness (QED) is 0.114. The smallest absolute Gasteiger partial charge is 0.0462 e. The number of hydrogen-bond acceptors (Lipinski definition) is 2. The zero-order valence-corrected chi connectivity index (χ0v) is 53.0. The van der Waals surface area contributed by atoms with Crippen molar-refractivity contribution >= 4 is 77.2 Å². The van der Waals surface area contributed by atoms with E-state index in [9.17, 15) is 0 Å². The van der Waals surface area contributed by atoms with E-state index in [0.29, 0.717) is 0 Å². The second kappa shape index (κ2) is 26.5. The molecule has 0 bridgehead atoms. The molecule has 0 amide bonds. The van der Waals surface area contributed by atoms with Crippen LogP contribution >= 0.6 is 0 Å². The molecule has 0 unspecified atom stereocenters. The van der Waals surface area contributed by atoms with Crippen LogP contribution in [0.15, 0.2) is 400 Å². The minimum absolute atomic E-state index is 1.12. The Morgan fingerprint density at radius 1 is 0.115 bits per heavy atom. The van der Waals surface area contributed by atoms with Crippen molar-refractivity contribution in [1.29, 1.82) is 0 Å². The van der Waals surface area contributed by atoms with Gasteiger partial charge in [0.05, 0.1) is 0 Å². The van der Waals surface area contributed by atoms with Crippen molar-refractivity contribution in [3.8, 4) is 77.9 Å². The zero-order valence-electron chi connectivity index (χ0n) is 53.0. The van der Waals surface area contributed by atoms with Crippen LogP contribution in [0.3, 0.4) is 0 Å². The first-order valence-corrected chi connectivity index (χ1v) is 32.9. The highest BCUT2D eigenvalue weighted by atomic mass is 15.1. The SMILES string of the molecule is c1ccc(-c2ccc(N(c3ccc(-c4cccc5ccccc45)cc3)c3ccc(-c4cccc5ccccc45)cc3)cc2)cc1.c1ccc(N(c2ccc(-c3ccc(-c4cccc5ccccc45)cc3)cc2)c2ccc(-c3ccc(-c4cccc5ccccc45)cc3)cc2)cc1. The summed E-state index contributed by atoms with van der Waals surface area (Å²) in [7, 11) is 0. The number of para-hydroxylation sites is 1. The largest absolute Gasteiger partial charge is 0.311 e. The van der Waals surface area contributed by atoms with Gasteiger partial charge in [-0.15, -0.1) is 0 Å². The molecular weight excluding hydrogens is 1160 g/mol. The van der Waals surface area contributed by atoms with E-state index in [2.05, 4.69) is 410 Å². The van der Waals surface area contributed by atoms with Crippen molar-refractivity contribution in [2.45, 2.75) is 0 Å². The number of hydrogen-bond donors (Lipinski definition) is 0. The first-order valence-electron chi connectivity index (χ1n) is 32.9. The molecule has 0 heterocycles. The molecule has 0 saturated carbocycles. The summed E-state index contributed by atoms with van der Waals surface area (Å²) >= 11 is 0. The number of benzene rings is 17. The predicted molar refractivity (Wildman–Crippen MR) is 410 cm³/mol. The van der Waals surface area contributed by atoms with Crippen LogP contribution in [0.2, 0.25) is 0 Å². The standard InChI is InChI=1S/C50H35N.C44H31N/c1-2-14-44(15-3-1)51(45-32-28-38(29-33-45)36-20-24-42(25-21-36)49-18-8-12-40-10-4-6-16-47(40)49)46-34-30-39(31-35-46)37-22-26-43(27-23-37)50-19-9-13-41-11-5-7-17-48(41)50;1-2-10-32(11-3-1)33-20-26-38(27-21-33)45(39-28-22-36(23-29-39)43-18-8-14-34-12-4-6-16-41(34)43)40-30-24-37(25-31-40)44-19-9-15-35-13-5-7-17-42(35)44/h1-35H;1-31H. The lowest BCUT2D eigenvalue weighted by molar-refractivity contribution is 1.28. The zero-order chi connectivity index (χ0) is 64.0. The number of nitrogens with zero attached hydrogens (tertiary/aromatic N) is 2. The van der Waals surface area contributed by atoms with E-state index < -0.39 is 0 Å². The molecule has 452 valence electrons. The van der Waals surface area contributed by atoms with E-state index in [1.165, 1.54) is 121 Å². The first kappa shape index (κ1) is 58.5. The predicted octanol–water partition coefficient (Wildman–Crippen LogP) is 26.6. The van der Waals surface area contributed by atoms with Crippen LogP contribution in [0.5, 0.6) is 0 Å². The fourth-order valence-electron chi connectivity index (χ4n) is 13.7. The maximum atomic E-state index is 2.34. The summed E-state index contributed by atoms with van der Waals surface area (Å²) in [5.41, 5.74) is 23.8. The van der Waals surface area contributed by atoms with Crippen LogP contribution < -0.4 is 9.80 Å². The van der Waals surface area contributed by atoms with Crippen LogP contribution in [0.1, 0.15) is 0 Å². The lowest BCUT2D eigenvalue weighted by Crippen LogP contribution is -2.09. The van der Waals surface area contributed by atoms with Crippen molar-refractivity contribution in [2.75, 3.05) is 9.80 Å². The van der Waals surface area contributed by atoms with Gasteiger partial charge in [-0.25, -0.2) is 0 Å². The summed E-state index contributed by atoms with van der Waals surface area (Å²) < 4.78 is 0. The third-order valence-corrected chi connectivity index (χ3v) is 18.6. The fraction of sp³-hybridized carbons (Fsp3) is 0. The maximum Gasteiger partial charge on any atom is 0.0462 e. The van der Waals surface area contributed by atoms with Gasteiger partial charge in [0.1, 0.15) is 0 Å². The Labute approximate surface area is 561 Å². The summed E-state index contributed by atoms with van der Waals surface area (Å²) in [5, 5.41) is 10.1. The van der Waals surface area contributed by atoms with Gasteiger partial charge >= 0.3 is 0 Å². The maximum absolute atomic E-state index is 2.34. The second-order valence-corrected chi connectivity index (χ2v) is 24.4. The van der Waals surface area contributed by atoms with E-state index in [0.717, 1.165) is 34.1 Å². The minimum Gasteiger partial charge on any atom is -0.311 e. The second-order valence-electron chi connectivity index (χ2n) is 24.4. The molecule has 0 saturated heterocycles. The number of rotatable bonds is 13. The lowest BCUT2D eigenvalue weighted by Gasteiger charge is -2.26. The minimum atomic E-state index is 1.12. The normalized spacial score (nSPS) is 11.1. The summed E-state index contributed by atoms with van der Waals surface area (Å²) in [6.45, 7) is 0. The summed E-state index contributed by atoms with van der Waals surface area (Å²) in [6.07, 6.45) is 0. The highest BCUT2D eigenvalue weighted by Crippen LogP contribution is 2.42. The Balaban J connectivity index is 0.000000152. The van der Waals surface area contributed by atoms with Gasteiger partial charge < -0.3 is 9.80 Å². The molecule has 0 aliphatic rings. The molecule has 17 aromatic rings. The topological polar surface area (TPSA) is 6.48 Å². The third-order valence-electron chi connectivity index (χ3n) is 18.6. The molecule has 2 nitrogen and oxygen atoms in total. The molecule has 0 atom stereocenters. The summed E-state index contributed by atoms with van der Waals surface area (Å²) in [4.78, 5) is 4.66. The Morgan fingerprint density at radius 2 is 0.292 bits per heavy atom. The van der Waals surface area contributed by atoms with Gasteiger partial charge in [-0.2, -0.15) is 0 Å². The van der Waals surface area contributed by atoms with Crippen LogP contribution in [-0.2, 0) is 0 Å². The lowest BCUT2D eigenvalue weighted by atomic mass is 9.96. The molecule has 0 aliphatic carbocycles. The van der Waals surface area contributed by atoms with Gasteiger partial charge in [0.2, 0.25) is 0 Å². The van der Waals surface area contributed by atoms with Gasteiger partial charge in [-0.1, -0.05) is 328 Å². The van der Waals surface area contributed by atoms with Crippen molar-refractivity contribution in [1.82, 2.24) is 0 Å². The Morgan fingerprint density at radius 3 is 0.562 bits per heavy atom. The van der Waals surface area contributed by atoms with E-state index in [1.54, 1.807) is 0 Å².